The lowest BCUT2D eigenvalue weighted by atomic mass is 9.98. The molecule has 2 rings (SSSR count). The Morgan fingerprint density at radius 3 is 1.34 bits per heavy atom. The maximum atomic E-state index is 12.9. The van der Waals surface area contributed by atoms with Gasteiger partial charge in [-0.25, -0.2) is 0 Å². The minimum Gasteiger partial charge on any atom is -0.462 e. The number of esters is 2. The lowest BCUT2D eigenvalue weighted by Crippen LogP contribution is -2.61. The zero-order valence-electron chi connectivity index (χ0n) is 35.5. The second-order valence-corrected chi connectivity index (χ2v) is 16.2. The molecule has 0 spiro atoms. The highest BCUT2D eigenvalue weighted by molar-refractivity contribution is 5.70. The maximum absolute atomic E-state index is 12.9. The Morgan fingerprint density at radius 2 is 0.879 bits per heavy atom. The first-order valence-corrected chi connectivity index (χ1v) is 22.6. The summed E-state index contributed by atoms with van der Waals surface area (Å²) in [6.45, 7) is 2.56. The molecule has 0 bridgehead atoms. The van der Waals surface area contributed by atoms with E-state index >= 15 is 0 Å². The topological polar surface area (TPSA) is 231 Å². The van der Waals surface area contributed by atoms with E-state index in [4.69, 9.17) is 28.4 Å². The summed E-state index contributed by atoms with van der Waals surface area (Å²) in [5.74, 6) is -0.920. The van der Waals surface area contributed by atoms with E-state index in [-0.39, 0.29) is 26.1 Å². The average molecular weight is 837 g/mol. The molecule has 2 fully saturated rings. The van der Waals surface area contributed by atoms with Crippen molar-refractivity contribution in [3.05, 3.63) is 0 Å². The molecule has 2 aliphatic heterocycles. The third-order valence-corrected chi connectivity index (χ3v) is 11.1. The molecule has 0 aromatic rings. The van der Waals surface area contributed by atoms with Crippen molar-refractivity contribution in [2.45, 2.75) is 235 Å². The van der Waals surface area contributed by atoms with Crippen LogP contribution in [0.2, 0.25) is 0 Å². The van der Waals surface area contributed by atoms with Gasteiger partial charge in [-0.1, -0.05) is 142 Å². The second-order valence-electron chi connectivity index (χ2n) is 16.2. The zero-order valence-corrected chi connectivity index (χ0v) is 35.5. The fraction of sp³-hybridized carbons (Fsp3) is 0.953. The van der Waals surface area contributed by atoms with E-state index in [0.29, 0.717) is 12.8 Å². The molecule has 15 heteroatoms. The third kappa shape index (κ3) is 21.3. The SMILES string of the molecule is CCCCCCCCCCCCCCCC(=O)O[C@H](COC(=O)CCCCCCCCCCC)CO[C@@H]1O[C@H](CO[C@@H]2O[C@H](CO)[C@H](O)C(O)C2O)[C@H](O)C(O)C1O. The number of hydrogen-bond acceptors (Lipinski definition) is 15. The van der Waals surface area contributed by atoms with E-state index in [2.05, 4.69) is 13.8 Å². The van der Waals surface area contributed by atoms with E-state index in [1.54, 1.807) is 0 Å². The van der Waals surface area contributed by atoms with Gasteiger partial charge in [0.1, 0.15) is 55.4 Å². The summed E-state index contributed by atoms with van der Waals surface area (Å²) in [6.07, 6.45) is 8.71. The van der Waals surface area contributed by atoms with Crippen LogP contribution in [0.15, 0.2) is 0 Å². The van der Waals surface area contributed by atoms with E-state index in [9.17, 15) is 45.3 Å². The van der Waals surface area contributed by atoms with Gasteiger partial charge in [0.05, 0.1) is 19.8 Å². The lowest BCUT2D eigenvalue weighted by Gasteiger charge is -2.42. The molecule has 2 saturated heterocycles. The van der Waals surface area contributed by atoms with Crippen molar-refractivity contribution in [1.29, 1.82) is 0 Å². The van der Waals surface area contributed by atoms with E-state index in [1.165, 1.54) is 89.9 Å². The average Bonchev–Trinajstić information content (AvgIpc) is 3.21. The monoisotopic (exact) mass is 837 g/mol. The fourth-order valence-corrected chi connectivity index (χ4v) is 7.28. The highest BCUT2D eigenvalue weighted by Gasteiger charge is 2.47. The Balaban J connectivity index is 1.86. The molecule has 58 heavy (non-hydrogen) atoms. The fourth-order valence-electron chi connectivity index (χ4n) is 7.28. The number of aliphatic hydroxyl groups is 7. The summed E-state index contributed by atoms with van der Waals surface area (Å²) in [4.78, 5) is 25.5. The molecular weight excluding hydrogens is 756 g/mol. The minimum absolute atomic E-state index is 0.172. The van der Waals surface area contributed by atoms with E-state index < -0.39 is 92.7 Å². The largest absolute Gasteiger partial charge is 0.462 e. The Hall–Kier alpha value is -1.50. The smallest absolute Gasteiger partial charge is 0.306 e. The zero-order chi connectivity index (χ0) is 42.5. The van der Waals surface area contributed by atoms with Gasteiger partial charge in [0.25, 0.3) is 0 Å². The van der Waals surface area contributed by atoms with Crippen LogP contribution in [0, 0.1) is 0 Å². The van der Waals surface area contributed by atoms with Crippen LogP contribution in [0.3, 0.4) is 0 Å². The third-order valence-electron chi connectivity index (χ3n) is 11.1. The van der Waals surface area contributed by atoms with Crippen LogP contribution >= 0.6 is 0 Å². The summed E-state index contributed by atoms with van der Waals surface area (Å²) >= 11 is 0. The Morgan fingerprint density at radius 1 is 0.483 bits per heavy atom. The molecule has 0 aromatic carbocycles. The van der Waals surface area contributed by atoms with Crippen LogP contribution in [0.4, 0.5) is 0 Å². The predicted octanol–water partition coefficient (Wildman–Crippen LogP) is 4.48. The van der Waals surface area contributed by atoms with Crippen molar-refractivity contribution in [2.75, 3.05) is 26.4 Å². The Kier molecular flexibility index (Phi) is 29.3. The van der Waals surface area contributed by atoms with Crippen molar-refractivity contribution in [3.8, 4) is 0 Å². The van der Waals surface area contributed by atoms with Gasteiger partial charge in [-0.3, -0.25) is 9.59 Å². The summed E-state index contributed by atoms with van der Waals surface area (Å²) in [5.41, 5.74) is 0. The highest BCUT2D eigenvalue weighted by atomic mass is 16.7. The minimum atomic E-state index is -1.76. The van der Waals surface area contributed by atoms with Gasteiger partial charge >= 0.3 is 11.9 Å². The predicted molar refractivity (Wildman–Crippen MR) is 215 cm³/mol. The number of unbranched alkanes of at least 4 members (excludes halogenated alkanes) is 20. The molecule has 0 amide bonds. The van der Waals surface area contributed by atoms with Crippen LogP contribution in [-0.4, -0.2) is 142 Å². The van der Waals surface area contributed by atoms with Gasteiger partial charge in [-0.2, -0.15) is 0 Å². The van der Waals surface area contributed by atoms with Gasteiger partial charge in [0.2, 0.25) is 0 Å². The molecular formula is C43H80O15. The quantitative estimate of drug-likeness (QED) is 0.0350. The summed E-state index contributed by atoms with van der Waals surface area (Å²) in [6, 6.07) is 0. The van der Waals surface area contributed by atoms with Crippen LogP contribution < -0.4 is 0 Å². The molecule has 0 saturated carbocycles. The van der Waals surface area contributed by atoms with Crippen LogP contribution in [0.5, 0.6) is 0 Å². The van der Waals surface area contributed by atoms with Gasteiger partial charge in [-0.15, -0.1) is 0 Å². The molecule has 7 N–H and O–H groups in total. The maximum Gasteiger partial charge on any atom is 0.306 e. The van der Waals surface area contributed by atoms with E-state index in [0.717, 1.165) is 38.5 Å². The number of hydrogen-bond donors (Lipinski definition) is 7. The van der Waals surface area contributed by atoms with Gasteiger partial charge in [0.15, 0.2) is 18.7 Å². The number of aliphatic hydroxyl groups excluding tert-OH is 7. The standard InChI is InChI=1S/C43H80O15/c1-3-5-7-9-11-13-14-15-16-18-20-22-24-26-35(46)56-31(28-53-34(45)25-23-21-19-17-12-10-8-6-4-2)29-54-42-41(52)39(50)37(48)33(58-42)30-55-43-40(51)38(49)36(47)32(27-44)57-43/h31-33,36-44,47-52H,3-30H2,1-2H3/t31-,32-,33-,36+,37+,38?,39?,40?,41?,42-,43-/m1/s1. The second kappa shape index (κ2) is 32.2. The molecule has 342 valence electrons. The molecule has 0 radical (unpaired) electrons. The number of carbonyl (C=O) groups excluding carboxylic acids is 2. The van der Waals surface area contributed by atoms with Crippen LogP contribution in [0.1, 0.15) is 168 Å². The Bertz CT molecular complexity index is 1030. The molecule has 2 heterocycles. The van der Waals surface area contributed by atoms with Crippen molar-refractivity contribution in [2.24, 2.45) is 0 Å². The number of rotatable bonds is 34. The van der Waals surface area contributed by atoms with E-state index in [1.807, 2.05) is 0 Å². The summed E-state index contributed by atoms with van der Waals surface area (Å²) in [7, 11) is 0. The van der Waals surface area contributed by atoms with Gasteiger partial charge < -0.3 is 64.2 Å². The van der Waals surface area contributed by atoms with Gasteiger partial charge in [0, 0.05) is 12.8 Å². The summed E-state index contributed by atoms with van der Waals surface area (Å²) < 4.78 is 33.4. The molecule has 4 unspecified atom stereocenters. The van der Waals surface area contributed by atoms with Crippen molar-refractivity contribution in [3.63, 3.8) is 0 Å². The number of carbonyl (C=O) groups is 2. The normalized spacial score (nSPS) is 28.0. The molecule has 15 nitrogen and oxygen atoms in total. The lowest BCUT2D eigenvalue weighted by molar-refractivity contribution is -0.332. The highest BCUT2D eigenvalue weighted by Crippen LogP contribution is 2.26. The van der Waals surface area contributed by atoms with Crippen LogP contribution in [-0.2, 0) is 38.0 Å². The van der Waals surface area contributed by atoms with Crippen LogP contribution in [0.25, 0.3) is 0 Å². The first-order chi connectivity index (χ1) is 28.0. The summed E-state index contributed by atoms with van der Waals surface area (Å²) in [5, 5.41) is 71.7. The molecule has 0 aliphatic carbocycles. The molecule has 0 aromatic heterocycles. The van der Waals surface area contributed by atoms with Crippen molar-refractivity contribution >= 4 is 11.9 Å². The molecule has 11 atom stereocenters. The van der Waals surface area contributed by atoms with Crippen molar-refractivity contribution in [1.82, 2.24) is 0 Å². The molecule has 2 aliphatic rings. The Labute approximate surface area is 347 Å². The first-order valence-electron chi connectivity index (χ1n) is 22.6. The first kappa shape index (κ1) is 52.6. The van der Waals surface area contributed by atoms with Crippen molar-refractivity contribution < 1.29 is 73.8 Å². The van der Waals surface area contributed by atoms with Gasteiger partial charge in [-0.05, 0) is 12.8 Å². The number of ether oxygens (including phenoxy) is 6.